The lowest BCUT2D eigenvalue weighted by Crippen LogP contribution is -2.27. The van der Waals surface area contributed by atoms with Crippen LogP contribution in [0.4, 0.5) is 0 Å². The van der Waals surface area contributed by atoms with Gasteiger partial charge in [0.2, 0.25) is 0 Å². The van der Waals surface area contributed by atoms with Gasteiger partial charge in [0, 0.05) is 10.0 Å². The van der Waals surface area contributed by atoms with Crippen LogP contribution in [0.3, 0.4) is 0 Å². The van der Waals surface area contributed by atoms with E-state index in [2.05, 4.69) is 37.0 Å². The summed E-state index contributed by atoms with van der Waals surface area (Å²) in [6.45, 7) is 1.27. The lowest BCUT2D eigenvalue weighted by molar-refractivity contribution is 0.136. The molecule has 1 unspecified atom stereocenters. The van der Waals surface area contributed by atoms with Crippen LogP contribution in [0.1, 0.15) is 5.56 Å². The monoisotopic (exact) mass is 331 g/mol. The van der Waals surface area contributed by atoms with E-state index in [-0.39, 0.29) is 5.92 Å². The molecule has 0 fully saturated rings. The molecule has 3 nitrogen and oxygen atoms in total. The number of ether oxygens (including phenoxy) is 1. The smallest absolute Gasteiger partial charge is 0.142 e. The highest BCUT2D eigenvalue weighted by molar-refractivity contribution is 9.11. The zero-order valence-corrected chi connectivity index (χ0v) is 10.8. The van der Waals surface area contributed by atoms with Gasteiger partial charge in [-0.2, -0.15) is 0 Å². The SMILES string of the molecule is Brc1cc(Br)c2c(c1)C1=NOCC1CO2. The molecule has 2 aliphatic rings. The van der Waals surface area contributed by atoms with Gasteiger partial charge in [-0.1, -0.05) is 21.1 Å². The molecule has 0 saturated carbocycles. The predicted molar refractivity (Wildman–Crippen MR) is 63.3 cm³/mol. The Bertz CT molecular complexity index is 459. The Morgan fingerprint density at radius 3 is 3.00 bits per heavy atom. The van der Waals surface area contributed by atoms with Crippen molar-refractivity contribution in [3.8, 4) is 5.75 Å². The first-order valence-electron chi connectivity index (χ1n) is 4.58. The van der Waals surface area contributed by atoms with Crippen LogP contribution in [-0.2, 0) is 4.84 Å². The molecule has 1 aromatic carbocycles. The molecule has 0 radical (unpaired) electrons. The minimum absolute atomic E-state index is 0.277. The van der Waals surface area contributed by atoms with Crippen LogP contribution >= 0.6 is 31.9 Å². The second-order valence-corrected chi connectivity index (χ2v) is 5.31. The van der Waals surface area contributed by atoms with E-state index in [4.69, 9.17) is 9.57 Å². The van der Waals surface area contributed by atoms with Crippen LogP contribution in [0.2, 0.25) is 0 Å². The number of nitrogens with zero attached hydrogens (tertiary/aromatic N) is 1. The molecule has 0 spiro atoms. The number of oxime groups is 1. The van der Waals surface area contributed by atoms with Gasteiger partial charge in [-0.05, 0) is 28.1 Å². The summed E-state index contributed by atoms with van der Waals surface area (Å²) in [6.07, 6.45) is 0. The molecule has 1 atom stereocenters. The molecule has 78 valence electrons. The van der Waals surface area contributed by atoms with E-state index < -0.39 is 0 Å². The highest BCUT2D eigenvalue weighted by Crippen LogP contribution is 2.38. The van der Waals surface area contributed by atoms with Gasteiger partial charge in [0.1, 0.15) is 24.7 Å². The maximum absolute atomic E-state index is 5.69. The zero-order chi connectivity index (χ0) is 10.4. The average molecular weight is 333 g/mol. The Labute approximate surface area is 104 Å². The van der Waals surface area contributed by atoms with Gasteiger partial charge in [-0.15, -0.1) is 0 Å². The van der Waals surface area contributed by atoms with E-state index >= 15 is 0 Å². The standard InChI is InChI=1S/C10H7Br2NO2/c11-6-1-7-9-5(4-15-13-9)3-14-10(7)8(12)2-6/h1-2,5H,3-4H2. The van der Waals surface area contributed by atoms with Crippen LogP contribution in [-0.4, -0.2) is 18.9 Å². The first-order chi connectivity index (χ1) is 7.25. The van der Waals surface area contributed by atoms with Crippen molar-refractivity contribution in [3.63, 3.8) is 0 Å². The van der Waals surface area contributed by atoms with E-state index in [0.29, 0.717) is 13.2 Å². The summed E-state index contributed by atoms with van der Waals surface area (Å²) in [6, 6.07) is 3.98. The maximum Gasteiger partial charge on any atom is 0.142 e. The Hall–Kier alpha value is -0.550. The third-order valence-corrected chi connectivity index (χ3v) is 3.59. The molecule has 1 aromatic rings. The number of hydrogen-bond donors (Lipinski definition) is 0. The Morgan fingerprint density at radius 1 is 1.27 bits per heavy atom. The number of benzene rings is 1. The van der Waals surface area contributed by atoms with Crippen LogP contribution in [0.15, 0.2) is 26.2 Å². The van der Waals surface area contributed by atoms with Gasteiger partial charge >= 0.3 is 0 Å². The van der Waals surface area contributed by atoms with Gasteiger partial charge in [0.15, 0.2) is 0 Å². The van der Waals surface area contributed by atoms with Gasteiger partial charge in [-0.25, -0.2) is 0 Å². The van der Waals surface area contributed by atoms with Crippen molar-refractivity contribution in [1.29, 1.82) is 0 Å². The van der Waals surface area contributed by atoms with Crippen LogP contribution in [0.5, 0.6) is 5.75 Å². The van der Waals surface area contributed by atoms with Crippen LogP contribution in [0, 0.1) is 5.92 Å². The Kier molecular flexibility index (Phi) is 2.25. The third-order valence-electron chi connectivity index (χ3n) is 2.54. The number of hydrogen-bond acceptors (Lipinski definition) is 3. The van der Waals surface area contributed by atoms with Gasteiger partial charge in [0.25, 0.3) is 0 Å². The summed E-state index contributed by atoms with van der Waals surface area (Å²) >= 11 is 6.94. The molecule has 0 saturated heterocycles. The van der Waals surface area contributed by atoms with Crippen molar-refractivity contribution in [2.75, 3.05) is 13.2 Å². The fourth-order valence-corrected chi connectivity index (χ4v) is 3.17. The van der Waals surface area contributed by atoms with Crippen LogP contribution < -0.4 is 4.74 Å². The lowest BCUT2D eigenvalue weighted by Gasteiger charge is -2.22. The molecule has 15 heavy (non-hydrogen) atoms. The second-order valence-electron chi connectivity index (χ2n) is 3.54. The number of halogens is 2. The summed E-state index contributed by atoms with van der Waals surface area (Å²) < 4.78 is 7.65. The van der Waals surface area contributed by atoms with E-state index in [1.807, 2.05) is 12.1 Å². The molecule has 0 bridgehead atoms. The van der Waals surface area contributed by atoms with E-state index in [1.54, 1.807) is 0 Å². The van der Waals surface area contributed by atoms with E-state index in [0.717, 1.165) is 26.0 Å². The zero-order valence-electron chi connectivity index (χ0n) is 7.67. The van der Waals surface area contributed by atoms with Crippen LogP contribution in [0.25, 0.3) is 0 Å². The largest absolute Gasteiger partial charge is 0.491 e. The molecule has 0 N–H and O–H groups in total. The Morgan fingerprint density at radius 2 is 2.13 bits per heavy atom. The van der Waals surface area contributed by atoms with Crippen molar-refractivity contribution in [3.05, 3.63) is 26.6 Å². The fourth-order valence-electron chi connectivity index (χ4n) is 1.83. The first kappa shape index (κ1) is 9.66. The second kappa shape index (κ2) is 3.49. The first-order valence-corrected chi connectivity index (χ1v) is 6.16. The molecule has 2 aliphatic heterocycles. The minimum atomic E-state index is 0.277. The molecule has 0 amide bonds. The summed E-state index contributed by atoms with van der Waals surface area (Å²) in [5.74, 6) is 1.14. The number of fused-ring (bicyclic) bond motifs is 3. The Balaban J connectivity index is 2.20. The molecule has 5 heteroatoms. The van der Waals surface area contributed by atoms with Crippen molar-refractivity contribution in [2.45, 2.75) is 0 Å². The predicted octanol–water partition coefficient (Wildman–Crippen LogP) is 2.95. The van der Waals surface area contributed by atoms with E-state index in [1.165, 1.54) is 0 Å². The van der Waals surface area contributed by atoms with Gasteiger partial charge in [-0.3, -0.25) is 0 Å². The van der Waals surface area contributed by atoms with Crippen molar-refractivity contribution in [1.82, 2.24) is 0 Å². The topological polar surface area (TPSA) is 30.8 Å². The summed E-state index contributed by atoms with van der Waals surface area (Å²) in [5, 5.41) is 4.08. The average Bonchev–Trinajstić information content (AvgIpc) is 2.65. The maximum atomic E-state index is 5.69. The normalized spacial score (nSPS) is 22.3. The minimum Gasteiger partial charge on any atom is -0.491 e. The van der Waals surface area contributed by atoms with Crippen molar-refractivity contribution >= 4 is 37.6 Å². The lowest BCUT2D eigenvalue weighted by atomic mass is 9.95. The van der Waals surface area contributed by atoms with E-state index in [9.17, 15) is 0 Å². The van der Waals surface area contributed by atoms with Crippen molar-refractivity contribution in [2.24, 2.45) is 11.1 Å². The quantitative estimate of drug-likeness (QED) is 0.731. The highest BCUT2D eigenvalue weighted by atomic mass is 79.9. The molecule has 0 aliphatic carbocycles. The highest BCUT2D eigenvalue weighted by Gasteiger charge is 2.33. The third kappa shape index (κ3) is 1.49. The molecular weight excluding hydrogens is 326 g/mol. The van der Waals surface area contributed by atoms with Gasteiger partial charge < -0.3 is 9.57 Å². The molecule has 2 heterocycles. The summed E-state index contributed by atoms with van der Waals surface area (Å²) in [4.78, 5) is 5.11. The molecular formula is C10H7Br2NO2. The number of rotatable bonds is 0. The molecule has 0 aromatic heterocycles. The van der Waals surface area contributed by atoms with Gasteiger partial charge in [0.05, 0.1) is 10.4 Å². The fraction of sp³-hybridized carbons (Fsp3) is 0.300. The summed E-state index contributed by atoms with van der Waals surface area (Å²) in [5.41, 5.74) is 2.02. The summed E-state index contributed by atoms with van der Waals surface area (Å²) in [7, 11) is 0. The molecule has 3 rings (SSSR count). The van der Waals surface area contributed by atoms with Crippen molar-refractivity contribution < 1.29 is 9.57 Å².